The van der Waals surface area contributed by atoms with Crippen LogP contribution in [0, 0.1) is 5.82 Å². The molecule has 3 aromatic rings. The molecule has 0 spiro atoms. The lowest BCUT2D eigenvalue weighted by atomic mass is 10.1. The van der Waals surface area contributed by atoms with Crippen LogP contribution >= 0.6 is 11.3 Å². The molecule has 3 rings (SSSR count). The number of amides is 1. The van der Waals surface area contributed by atoms with Crippen molar-refractivity contribution in [2.75, 3.05) is 27.4 Å². The van der Waals surface area contributed by atoms with Gasteiger partial charge in [-0.05, 0) is 31.2 Å². The molecule has 2 aromatic carbocycles. The lowest BCUT2D eigenvalue weighted by Gasteiger charge is -2.10. The molecule has 0 aliphatic heterocycles. The van der Waals surface area contributed by atoms with Crippen molar-refractivity contribution < 1.29 is 23.4 Å². The monoisotopic (exact) mass is 404 g/mol. The summed E-state index contributed by atoms with van der Waals surface area (Å²) < 4.78 is 32.8. The maximum atomic E-state index is 14.4. The molecule has 0 N–H and O–H groups in total. The molecule has 0 aliphatic carbocycles. The highest BCUT2D eigenvalue weighted by Crippen LogP contribution is 2.29. The van der Waals surface area contributed by atoms with E-state index in [-0.39, 0.29) is 11.4 Å². The molecular weight excluding hydrogens is 383 g/mol. The van der Waals surface area contributed by atoms with E-state index >= 15 is 0 Å². The van der Waals surface area contributed by atoms with Crippen LogP contribution in [-0.4, -0.2) is 37.9 Å². The van der Waals surface area contributed by atoms with Crippen molar-refractivity contribution in [1.29, 1.82) is 0 Å². The van der Waals surface area contributed by atoms with E-state index in [2.05, 4.69) is 4.99 Å². The van der Waals surface area contributed by atoms with Crippen LogP contribution in [0.3, 0.4) is 0 Å². The van der Waals surface area contributed by atoms with Gasteiger partial charge in [0.2, 0.25) is 0 Å². The van der Waals surface area contributed by atoms with Gasteiger partial charge in [-0.2, -0.15) is 4.99 Å². The normalized spacial score (nSPS) is 11.8. The van der Waals surface area contributed by atoms with E-state index in [1.807, 2.05) is 6.92 Å². The molecule has 8 heteroatoms. The molecule has 0 radical (unpaired) electrons. The molecule has 0 unspecified atom stereocenters. The molecule has 0 fully saturated rings. The summed E-state index contributed by atoms with van der Waals surface area (Å²) in [6.45, 7) is 3.20. The molecule has 28 heavy (non-hydrogen) atoms. The van der Waals surface area contributed by atoms with E-state index in [1.165, 1.54) is 31.6 Å². The summed E-state index contributed by atoms with van der Waals surface area (Å²) in [4.78, 5) is 17.6. The maximum Gasteiger partial charge on any atom is 0.287 e. The first kappa shape index (κ1) is 20.0. The first-order chi connectivity index (χ1) is 13.6. The minimum absolute atomic E-state index is 0.224. The first-order valence-corrected chi connectivity index (χ1v) is 9.58. The van der Waals surface area contributed by atoms with Crippen molar-refractivity contribution >= 4 is 27.5 Å². The second kappa shape index (κ2) is 8.99. The Kier molecular flexibility index (Phi) is 6.43. The highest BCUT2D eigenvalue weighted by Gasteiger charge is 2.19. The average Bonchev–Trinajstić information content (AvgIpc) is 3.05. The van der Waals surface area contributed by atoms with Gasteiger partial charge >= 0.3 is 0 Å². The van der Waals surface area contributed by atoms with Gasteiger partial charge in [-0.1, -0.05) is 23.5 Å². The predicted molar refractivity (Wildman–Crippen MR) is 106 cm³/mol. The minimum Gasteiger partial charge on any atom is -0.496 e. The average molecular weight is 404 g/mol. The topological polar surface area (TPSA) is 62.1 Å². The van der Waals surface area contributed by atoms with Crippen LogP contribution in [0.15, 0.2) is 41.4 Å². The SMILES string of the molecule is CCOCCn1c(=NC(=O)c2c(OC)cccc2OC)sc2cccc(F)c21. The fraction of sp³-hybridized carbons (Fsp3) is 0.300. The molecule has 1 amide bonds. The van der Waals surface area contributed by atoms with Crippen LogP contribution in [0.25, 0.3) is 10.2 Å². The molecule has 0 atom stereocenters. The van der Waals surface area contributed by atoms with E-state index in [4.69, 9.17) is 14.2 Å². The number of nitrogens with zero attached hydrogens (tertiary/aromatic N) is 2. The number of fused-ring (bicyclic) bond motifs is 1. The fourth-order valence-corrected chi connectivity index (χ4v) is 3.95. The molecule has 6 nitrogen and oxygen atoms in total. The van der Waals surface area contributed by atoms with E-state index < -0.39 is 5.91 Å². The smallest absolute Gasteiger partial charge is 0.287 e. The molecule has 148 valence electrons. The summed E-state index contributed by atoms with van der Waals surface area (Å²) in [7, 11) is 2.95. The molecule has 0 aliphatic rings. The lowest BCUT2D eigenvalue weighted by Crippen LogP contribution is -2.20. The van der Waals surface area contributed by atoms with Gasteiger partial charge in [-0.15, -0.1) is 0 Å². The van der Waals surface area contributed by atoms with Gasteiger partial charge in [0.25, 0.3) is 5.91 Å². The lowest BCUT2D eigenvalue weighted by molar-refractivity contribution is 0.0990. The molecule has 1 heterocycles. The zero-order valence-corrected chi connectivity index (χ0v) is 16.7. The Morgan fingerprint density at radius 2 is 1.82 bits per heavy atom. The Morgan fingerprint density at radius 3 is 2.46 bits per heavy atom. The number of hydrogen-bond donors (Lipinski definition) is 0. The standard InChI is InChI=1S/C20H21FN2O4S/c1-4-27-12-11-23-18-13(21)7-5-10-16(18)28-20(23)22-19(24)17-14(25-2)8-6-9-15(17)26-3/h5-10H,4,11-12H2,1-3H3. The Morgan fingerprint density at radius 1 is 1.14 bits per heavy atom. The molecule has 0 saturated heterocycles. The van der Waals surface area contributed by atoms with E-state index in [0.29, 0.717) is 46.3 Å². The predicted octanol–water partition coefficient (Wildman–Crippen LogP) is 3.64. The molecular formula is C20H21FN2O4S. The van der Waals surface area contributed by atoms with Crippen molar-refractivity contribution in [2.24, 2.45) is 4.99 Å². The van der Waals surface area contributed by atoms with Crippen molar-refractivity contribution in [3.05, 3.63) is 52.6 Å². The molecule has 1 aromatic heterocycles. The summed E-state index contributed by atoms with van der Waals surface area (Å²) in [6.07, 6.45) is 0. The van der Waals surface area contributed by atoms with Crippen LogP contribution in [0.1, 0.15) is 17.3 Å². The van der Waals surface area contributed by atoms with Gasteiger partial charge in [0.05, 0.1) is 31.0 Å². The third-order valence-corrected chi connectivity index (χ3v) is 5.20. The minimum atomic E-state index is -0.522. The van der Waals surface area contributed by atoms with Crippen molar-refractivity contribution in [1.82, 2.24) is 4.57 Å². The Labute approximate surface area is 165 Å². The van der Waals surface area contributed by atoms with Crippen LogP contribution in [0.4, 0.5) is 4.39 Å². The van der Waals surface area contributed by atoms with Crippen LogP contribution < -0.4 is 14.3 Å². The van der Waals surface area contributed by atoms with Crippen LogP contribution in [0.5, 0.6) is 11.5 Å². The second-order valence-corrected chi connectivity index (χ2v) is 6.78. The van der Waals surface area contributed by atoms with Crippen molar-refractivity contribution in [3.8, 4) is 11.5 Å². The van der Waals surface area contributed by atoms with E-state index in [9.17, 15) is 9.18 Å². The third-order valence-electron chi connectivity index (χ3n) is 4.15. The number of carbonyl (C=O) groups excluding carboxylic acids is 1. The Hall–Kier alpha value is -2.71. The number of benzene rings is 2. The van der Waals surface area contributed by atoms with Gasteiger partial charge < -0.3 is 18.8 Å². The zero-order chi connectivity index (χ0) is 20.1. The largest absolute Gasteiger partial charge is 0.496 e. The maximum absolute atomic E-state index is 14.4. The summed E-state index contributed by atoms with van der Waals surface area (Å²) >= 11 is 1.24. The van der Waals surface area contributed by atoms with Crippen molar-refractivity contribution in [3.63, 3.8) is 0 Å². The Bertz CT molecular complexity index is 1040. The fourth-order valence-electron chi connectivity index (χ4n) is 2.88. The number of ether oxygens (including phenoxy) is 3. The number of thiazole rings is 1. The highest BCUT2D eigenvalue weighted by atomic mass is 32.1. The van der Waals surface area contributed by atoms with Gasteiger partial charge in [-0.25, -0.2) is 4.39 Å². The summed E-state index contributed by atoms with van der Waals surface area (Å²) in [5.74, 6) is -0.164. The zero-order valence-electron chi connectivity index (χ0n) is 15.9. The summed E-state index contributed by atoms with van der Waals surface area (Å²) in [5, 5.41) is 0. The number of para-hydroxylation sites is 1. The number of rotatable bonds is 7. The third kappa shape index (κ3) is 3.93. The van der Waals surface area contributed by atoms with Gasteiger partial charge in [-0.3, -0.25) is 4.79 Å². The summed E-state index contributed by atoms with van der Waals surface area (Å²) in [5.41, 5.74) is 0.632. The van der Waals surface area contributed by atoms with Gasteiger partial charge in [0.1, 0.15) is 22.9 Å². The van der Waals surface area contributed by atoms with Crippen LogP contribution in [-0.2, 0) is 11.3 Å². The van der Waals surface area contributed by atoms with Crippen LogP contribution in [0.2, 0.25) is 0 Å². The molecule has 0 saturated carbocycles. The highest BCUT2D eigenvalue weighted by molar-refractivity contribution is 7.16. The number of halogens is 1. The van der Waals surface area contributed by atoms with E-state index in [1.54, 1.807) is 34.9 Å². The summed E-state index contributed by atoms with van der Waals surface area (Å²) in [6, 6.07) is 9.88. The number of methoxy groups -OCH3 is 2. The first-order valence-electron chi connectivity index (χ1n) is 8.76. The van der Waals surface area contributed by atoms with Gasteiger partial charge in [0, 0.05) is 13.2 Å². The second-order valence-electron chi connectivity index (χ2n) is 5.77. The molecule has 0 bridgehead atoms. The number of hydrogen-bond acceptors (Lipinski definition) is 5. The number of aromatic nitrogens is 1. The van der Waals surface area contributed by atoms with E-state index in [0.717, 1.165) is 0 Å². The Balaban J connectivity index is 2.15. The quantitative estimate of drug-likeness (QED) is 0.564. The number of carbonyl (C=O) groups is 1. The van der Waals surface area contributed by atoms with Crippen molar-refractivity contribution in [2.45, 2.75) is 13.5 Å². The van der Waals surface area contributed by atoms with Gasteiger partial charge in [0.15, 0.2) is 4.80 Å².